The molecular formula is C22H24N2O4. The van der Waals surface area contributed by atoms with Gasteiger partial charge in [-0.25, -0.2) is 0 Å². The summed E-state index contributed by atoms with van der Waals surface area (Å²) in [6.45, 7) is 1.02. The third-order valence-corrected chi connectivity index (χ3v) is 5.33. The minimum Gasteiger partial charge on any atom is -0.497 e. The molecule has 0 atom stereocenters. The van der Waals surface area contributed by atoms with Gasteiger partial charge < -0.3 is 19.7 Å². The highest BCUT2D eigenvalue weighted by Gasteiger charge is 2.37. The van der Waals surface area contributed by atoms with E-state index in [0.717, 1.165) is 29.7 Å². The van der Waals surface area contributed by atoms with Crippen molar-refractivity contribution in [2.24, 2.45) is 5.92 Å². The van der Waals surface area contributed by atoms with Crippen LogP contribution in [0.3, 0.4) is 0 Å². The van der Waals surface area contributed by atoms with Gasteiger partial charge in [0.2, 0.25) is 5.91 Å². The number of methoxy groups -OCH3 is 2. The van der Waals surface area contributed by atoms with Crippen LogP contribution in [-0.4, -0.2) is 32.6 Å². The molecule has 0 radical (unpaired) electrons. The largest absolute Gasteiger partial charge is 0.497 e. The van der Waals surface area contributed by atoms with E-state index < -0.39 is 0 Å². The molecule has 2 aromatic carbocycles. The summed E-state index contributed by atoms with van der Waals surface area (Å²) in [6, 6.07) is 11.1. The van der Waals surface area contributed by atoms with Crippen molar-refractivity contribution >= 4 is 17.5 Å². The lowest BCUT2D eigenvalue weighted by atomic mass is 10.0. The SMILES string of the molecule is COc1cc(CNC(=O)c2cccc3c2CCN3C(=O)C2CC2)cc(OC)c1. The van der Waals surface area contributed by atoms with E-state index >= 15 is 0 Å². The molecule has 0 aromatic heterocycles. The van der Waals surface area contributed by atoms with Crippen molar-refractivity contribution in [3.8, 4) is 11.5 Å². The second kappa shape index (κ2) is 7.54. The average molecular weight is 380 g/mol. The van der Waals surface area contributed by atoms with E-state index in [1.807, 2.05) is 35.2 Å². The van der Waals surface area contributed by atoms with Gasteiger partial charge in [-0.2, -0.15) is 0 Å². The van der Waals surface area contributed by atoms with Crippen LogP contribution in [0.1, 0.15) is 34.3 Å². The molecule has 1 aliphatic carbocycles. The normalized spacial score (nSPS) is 15.1. The second-order valence-corrected chi connectivity index (χ2v) is 7.22. The molecule has 0 unspecified atom stereocenters. The average Bonchev–Trinajstić information content (AvgIpc) is 3.49. The summed E-state index contributed by atoms with van der Waals surface area (Å²) in [7, 11) is 3.19. The van der Waals surface area contributed by atoms with Crippen LogP contribution in [0.2, 0.25) is 0 Å². The number of carbonyl (C=O) groups excluding carboxylic acids is 2. The summed E-state index contributed by atoms with van der Waals surface area (Å²) in [6.07, 6.45) is 2.67. The fourth-order valence-electron chi connectivity index (χ4n) is 3.67. The summed E-state index contributed by atoms with van der Waals surface area (Å²) < 4.78 is 10.6. The third kappa shape index (κ3) is 3.54. The van der Waals surface area contributed by atoms with Crippen molar-refractivity contribution in [1.82, 2.24) is 5.32 Å². The van der Waals surface area contributed by atoms with Crippen molar-refractivity contribution < 1.29 is 19.1 Å². The Bertz CT molecular complexity index is 898. The zero-order valence-corrected chi connectivity index (χ0v) is 16.2. The van der Waals surface area contributed by atoms with Crippen LogP contribution in [0.15, 0.2) is 36.4 Å². The van der Waals surface area contributed by atoms with Gasteiger partial charge in [0.05, 0.1) is 14.2 Å². The van der Waals surface area contributed by atoms with Crippen molar-refractivity contribution in [2.45, 2.75) is 25.8 Å². The Hall–Kier alpha value is -3.02. The Morgan fingerprint density at radius 3 is 2.46 bits per heavy atom. The fourth-order valence-corrected chi connectivity index (χ4v) is 3.67. The van der Waals surface area contributed by atoms with Gasteiger partial charge in [0.15, 0.2) is 0 Å². The molecule has 2 aromatic rings. The van der Waals surface area contributed by atoms with E-state index in [0.29, 0.717) is 36.6 Å². The number of hydrogen-bond donors (Lipinski definition) is 1. The van der Waals surface area contributed by atoms with E-state index in [1.165, 1.54) is 0 Å². The molecule has 1 aliphatic heterocycles. The maximum absolute atomic E-state index is 12.8. The van der Waals surface area contributed by atoms with Crippen LogP contribution in [0.4, 0.5) is 5.69 Å². The minimum atomic E-state index is -0.139. The third-order valence-electron chi connectivity index (χ3n) is 5.33. The standard InChI is InChI=1S/C22H24N2O4/c1-27-16-10-14(11-17(12-16)28-2)13-23-21(25)19-4-3-5-20-18(19)8-9-24(20)22(26)15-6-7-15/h3-5,10-12,15H,6-9,13H2,1-2H3,(H,23,25). The Kier molecular flexibility index (Phi) is 4.94. The molecule has 1 heterocycles. The molecule has 1 N–H and O–H groups in total. The van der Waals surface area contributed by atoms with E-state index in [9.17, 15) is 9.59 Å². The highest BCUT2D eigenvalue weighted by Crippen LogP contribution is 2.37. The van der Waals surface area contributed by atoms with Crippen LogP contribution >= 0.6 is 0 Å². The number of amides is 2. The number of carbonyl (C=O) groups is 2. The van der Waals surface area contributed by atoms with Crippen LogP contribution in [-0.2, 0) is 17.8 Å². The van der Waals surface area contributed by atoms with Gasteiger partial charge in [-0.1, -0.05) is 6.07 Å². The molecule has 1 saturated carbocycles. The van der Waals surface area contributed by atoms with Gasteiger partial charge in [-0.05, 0) is 54.7 Å². The first-order valence-electron chi connectivity index (χ1n) is 9.54. The lowest BCUT2D eigenvalue weighted by molar-refractivity contribution is -0.119. The van der Waals surface area contributed by atoms with Crippen LogP contribution < -0.4 is 19.7 Å². The zero-order valence-electron chi connectivity index (χ0n) is 16.2. The molecular weight excluding hydrogens is 356 g/mol. The quantitative estimate of drug-likeness (QED) is 0.837. The summed E-state index contributed by atoms with van der Waals surface area (Å²) in [5, 5.41) is 2.97. The maximum atomic E-state index is 12.8. The van der Waals surface area contributed by atoms with Crippen molar-refractivity contribution in [2.75, 3.05) is 25.7 Å². The number of ether oxygens (including phenoxy) is 2. The zero-order chi connectivity index (χ0) is 19.7. The number of anilines is 1. The van der Waals surface area contributed by atoms with E-state index in [1.54, 1.807) is 20.3 Å². The number of nitrogens with one attached hydrogen (secondary N) is 1. The minimum absolute atomic E-state index is 0.139. The second-order valence-electron chi connectivity index (χ2n) is 7.22. The highest BCUT2D eigenvalue weighted by atomic mass is 16.5. The molecule has 28 heavy (non-hydrogen) atoms. The number of hydrogen-bond acceptors (Lipinski definition) is 4. The molecule has 1 fully saturated rings. The Morgan fingerprint density at radius 2 is 1.82 bits per heavy atom. The summed E-state index contributed by atoms with van der Waals surface area (Å²) in [5.74, 6) is 1.59. The molecule has 4 rings (SSSR count). The lowest BCUT2D eigenvalue weighted by Crippen LogP contribution is -2.30. The van der Waals surface area contributed by atoms with E-state index in [2.05, 4.69) is 5.32 Å². The van der Waals surface area contributed by atoms with Gasteiger partial charge in [0, 0.05) is 36.3 Å². The number of rotatable bonds is 6. The molecule has 2 aliphatic rings. The molecule has 0 spiro atoms. The van der Waals surface area contributed by atoms with Crippen molar-refractivity contribution in [3.05, 3.63) is 53.1 Å². The van der Waals surface area contributed by atoms with E-state index in [4.69, 9.17) is 9.47 Å². The molecule has 0 bridgehead atoms. The summed E-state index contributed by atoms with van der Waals surface area (Å²) in [5.41, 5.74) is 3.37. The van der Waals surface area contributed by atoms with E-state index in [-0.39, 0.29) is 17.7 Å². The molecule has 0 saturated heterocycles. The Morgan fingerprint density at radius 1 is 1.11 bits per heavy atom. The maximum Gasteiger partial charge on any atom is 0.251 e. The van der Waals surface area contributed by atoms with Crippen molar-refractivity contribution in [1.29, 1.82) is 0 Å². The Balaban J connectivity index is 1.50. The van der Waals surface area contributed by atoms with Gasteiger partial charge in [0.1, 0.15) is 11.5 Å². The smallest absolute Gasteiger partial charge is 0.251 e. The van der Waals surface area contributed by atoms with Gasteiger partial charge in [-0.15, -0.1) is 0 Å². The molecule has 146 valence electrons. The first kappa shape index (κ1) is 18.3. The Labute approximate surface area is 164 Å². The summed E-state index contributed by atoms with van der Waals surface area (Å²) in [4.78, 5) is 27.2. The number of nitrogens with zero attached hydrogens (tertiary/aromatic N) is 1. The van der Waals surface area contributed by atoms with Gasteiger partial charge >= 0.3 is 0 Å². The number of fused-ring (bicyclic) bond motifs is 1. The predicted molar refractivity (Wildman–Crippen MR) is 106 cm³/mol. The van der Waals surface area contributed by atoms with Crippen LogP contribution in [0.25, 0.3) is 0 Å². The highest BCUT2D eigenvalue weighted by molar-refractivity contribution is 6.02. The fraction of sp³-hybridized carbons (Fsp3) is 0.364. The summed E-state index contributed by atoms with van der Waals surface area (Å²) >= 11 is 0. The monoisotopic (exact) mass is 380 g/mol. The number of benzene rings is 2. The van der Waals surface area contributed by atoms with Crippen LogP contribution in [0.5, 0.6) is 11.5 Å². The van der Waals surface area contributed by atoms with Gasteiger partial charge in [-0.3, -0.25) is 9.59 Å². The molecule has 6 nitrogen and oxygen atoms in total. The first-order chi connectivity index (χ1) is 13.6. The molecule has 2 amide bonds. The first-order valence-corrected chi connectivity index (χ1v) is 9.54. The predicted octanol–water partition coefficient (Wildman–Crippen LogP) is 2.93. The van der Waals surface area contributed by atoms with Crippen LogP contribution in [0, 0.1) is 5.92 Å². The van der Waals surface area contributed by atoms with Crippen molar-refractivity contribution in [3.63, 3.8) is 0 Å². The topological polar surface area (TPSA) is 67.9 Å². The molecule has 6 heteroatoms. The van der Waals surface area contributed by atoms with Gasteiger partial charge in [0.25, 0.3) is 5.91 Å². The lowest BCUT2D eigenvalue weighted by Gasteiger charge is -2.17.